The van der Waals surface area contributed by atoms with Crippen molar-refractivity contribution in [3.05, 3.63) is 11.5 Å². The summed E-state index contributed by atoms with van der Waals surface area (Å²) in [6, 6.07) is -1.03. The first-order valence-corrected chi connectivity index (χ1v) is 12.5. The van der Waals surface area contributed by atoms with Crippen molar-refractivity contribution in [3.8, 4) is 0 Å². The highest BCUT2D eigenvalue weighted by Gasteiger charge is 2.35. The maximum atomic E-state index is 12.7. The summed E-state index contributed by atoms with van der Waals surface area (Å²) >= 11 is 0. The molecule has 1 saturated carbocycles. The maximum Gasteiger partial charge on any atom is 0.408 e. The Balaban J connectivity index is 2.06. The summed E-state index contributed by atoms with van der Waals surface area (Å²) in [6.07, 6.45) is 4.82. The SMILES string of the molecule is Cc1noc(C)c1S(=O)(=O)N[C@@H](C)C(=O)NCC1(NC(=O)OC(C)(C)C)CCCCCC1. The van der Waals surface area contributed by atoms with Gasteiger partial charge in [0.15, 0.2) is 5.76 Å². The van der Waals surface area contributed by atoms with E-state index in [2.05, 4.69) is 20.5 Å². The first kappa shape index (κ1) is 26.1. The molecule has 1 aliphatic rings. The monoisotopic (exact) mass is 472 g/mol. The van der Waals surface area contributed by atoms with E-state index in [0.717, 1.165) is 25.7 Å². The Hall–Kier alpha value is -2.14. The van der Waals surface area contributed by atoms with Crippen LogP contribution in [0.2, 0.25) is 0 Å². The van der Waals surface area contributed by atoms with Gasteiger partial charge >= 0.3 is 6.09 Å². The molecule has 2 rings (SSSR count). The van der Waals surface area contributed by atoms with Crippen LogP contribution in [0.4, 0.5) is 4.79 Å². The fraction of sp³-hybridized carbons (Fsp3) is 0.762. The summed E-state index contributed by atoms with van der Waals surface area (Å²) in [6.45, 7) is 10.0. The smallest absolute Gasteiger partial charge is 0.408 e. The van der Waals surface area contributed by atoms with Crippen molar-refractivity contribution < 1.29 is 27.3 Å². The Morgan fingerprint density at radius 3 is 2.25 bits per heavy atom. The molecule has 0 spiro atoms. The molecular weight excluding hydrogens is 436 g/mol. The molecule has 0 aliphatic heterocycles. The highest BCUT2D eigenvalue weighted by Crippen LogP contribution is 2.27. The van der Waals surface area contributed by atoms with E-state index in [-0.39, 0.29) is 22.9 Å². The van der Waals surface area contributed by atoms with Crippen LogP contribution in [0.3, 0.4) is 0 Å². The lowest BCUT2D eigenvalue weighted by Crippen LogP contribution is -2.58. The van der Waals surface area contributed by atoms with Gasteiger partial charge in [-0.2, -0.15) is 4.72 Å². The summed E-state index contributed by atoms with van der Waals surface area (Å²) in [4.78, 5) is 25.1. The lowest BCUT2D eigenvalue weighted by Gasteiger charge is -2.35. The molecule has 1 heterocycles. The number of sulfonamides is 1. The third-order valence-corrected chi connectivity index (χ3v) is 7.17. The predicted octanol–water partition coefficient (Wildman–Crippen LogP) is 2.69. The zero-order chi connectivity index (χ0) is 24.2. The lowest BCUT2D eigenvalue weighted by molar-refractivity contribution is -0.122. The van der Waals surface area contributed by atoms with Gasteiger partial charge in [0.1, 0.15) is 16.2 Å². The van der Waals surface area contributed by atoms with Gasteiger partial charge in [-0.05, 0) is 54.4 Å². The van der Waals surface area contributed by atoms with Gasteiger partial charge in [-0.1, -0.05) is 30.8 Å². The summed E-state index contributed by atoms with van der Waals surface area (Å²) in [5.41, 5.74) is -1.06. The van der Waals surface area contributed by atoms with E-state index in [1.54, 1.807) is 20.8 Å². The molecule has 0 radical (unpaired) electrons. The fourth-order valence-electron chi connectivity index (χ4n) is 3.88. The van der Waals surface area contributed by atoms with Crippen LogP contribution in [-0.2, 0) is 19.6 Å². The lowest BCUT2D eigenvalue weighted by atomic mass is 9.90. The van der Waals surface area contributed by atoms with Gasteiger partial charge in [0, 0.05) is 6.54 Å². The van der Waals surface area contributed by atoms with E-state index in [4.69, 9.17) is 9.26 Å². The topological polar surface area (TPSA) is 140 Å². The van der Waals surface area contributed by atoms with Crippen molar-refractivity contribution in [2.75, 3.05) is 6.54 Å². The largest absolute Gasteiger partial charge is 0.444 e. The highest BCUT2D eigenvalue weighted by atomic mass is 32.2. The molecule has 2 amide bonds. The van der Waals surface area contributed by atoms with E-state index in [0.29, 0.717) is 12.8 Å². The highest BCUT2D eigenvalue weighted by molar-refractivity contribution is 7.89. The number of alkyl carbamates (subject to hydrolysis) is 1. The van der Waals surface area contributed by atoms with Crippen molar-refractivity contribution in [2.24, 2.45) is 0 Å². The van der Waals surface area contributed by atoms with Crippen molar-refractivity contribution in [3.63, 3.8) is 0 Å². The van der Waals surface area contributed by atoms with E-state index in [9.17, 15) is 18.0 Å². The molecule has 10 nitrogen and oxygen atoms in total. The van der Waals surface area contributed by atoms with Crippen LogP contribution in [0, 0.1) is 13.8 Å². The summed E-state index contributed by atoms with van der Waals surface area (Å²) in [5.74, 6) is -0.337. The van der Waals surface area contributed by atoms with E-state index >= 15 is 0 Å². The molecule has 1 aromatic rings. The second-order valence-electron chi connectivity index (χ2n) is 9.54. The molecule has 1 atom stereocenters. The number of nitrogens with one attached hydrogen (secondary N) is 3. The summed E-state index contributed by atoms with van der Waals surface area (Å²) < 4.78 is 38.1. The van der Waals surface area contributed by atoms with Crippen LogP contribution in [0.15, 0.2) is 9.42 Å². The number of aromatic nitrogens is 1. The minimum atomic E-state index is -3.98. The molecule has 3 N–H and O–H groups in total. The van der Waals surface area contributed by atoms with Gasteiger partial charge in [-0.25, -0.2) is 13.2 Å². The Kier molecular flexibility index (Phi) is 8.33. The molecule has 11 heteroatoms. The number of nitrogens with zero attached hydrogens (tertiary/aromatic N) is 1. The van der Waals surface area contributed by atoms with E-state index < -0.39 is 39.2 Å². The second-order valence-corrected chi connectivity index (χ2v) is 11.2. The quantitative estimate of drug-likeness (QED) is 0.518. The summed E-state index contributed by atoms with van der Waals surface area (Å²) in [5, 5.41) is 9.44. The van der Waals surface area contributed by atoms with E-state index in [1.165, 1.54) is 20.8 Å². The van der Waals surface area contributed by atoms with Gasteiger partial charge < -0.3 is 19.9 Å². The minimum Gasteiger partial charge on any atom is -0.444 e. The average molecular weight is 473 g/mol. The normalized spacial score (nSPS) is 17.8. The number of carbonyl (C=O) groups excluding carboxylic acids is 2. The molecule has 0 saturated heterocycles. The number of hydrogen-bond donors (Lipinski definition) is 3. The molecule has 32 heavy (non-hydrogen) atoms. The van der Waals surface area contributed by atoms with E-state index in [1.807, 2.05) is 0 Å². The van der Waals surface area contributed by atoms with Gasteiger partial charge in [-0.3, -0.25) is 4.79 Å². The minimum absolute atomic E-state index is 0.0658. The molecule has 1 aromatic heterocycles. The number of amides is 2. The molecule has 0 unspecified atom stereocenters. The maximum absolute atomic E-state index is 12.7. The first-order chi connectivity index (χ1) is 14.7. The standard InChI is InChI=1S/C21H36N4O6S/c1-14-17(16(3)31-24-14)32(28,29)25-15(2)18(26)22-13-21(11-9-7-8-10-12-21)23-19(27)30-20(4,5)6/h15,25H,7-13H2,1-6H3,(H,22,26)(H,23,27)/t15-/m0/s1. The third kappa shape index (κ3) is 7.19. The Bertz CT molecular complexity index is 892. The zero-order valence-corrected chi connectivity index (χ0v) is 20.6. The van der Waals surface area contributed by atoms with Crippen molar-refractivity contribution >= 4 is 22.0 Å². The number of aryl methyl sites for hydroxylation is 2. The molecule has 0 bridgehead atoms. The summed E-state index contributed by atoms with van der Waals surface area (Å²) in [7, 11) is -3.98. The third-order valence-electron chi connectivity index (χ3n) is 5.39. The Morgan fingerprint density at radius 2 is 1.75 bits per heavy atom. The zero-order valence-electron chi connectivity index (χ0n) is 19.8. The van der Waals surface area contributed by atoms with Gasteiger partial charge in [0.05, 0.1) is 11.6 Å². The molecule has 0 aromatic carbocycles. The number of carbonyl (C=O) groups is 2. The molecule has 182 valence electrons. The van der Waals surface area contributed by atoms with Crippen LogP contribution in [0.1, 0.15) is 77.7 Å². The van der Waals surface area contributed by atoms with Crippen LogP contribution in [-0.4, -0.2) is 49.3 Å². The van der Waals surface area contributed by atoms with Crippen molar-refractivity contribution in [2.45, 2.75) is 102 Å². The molecule has 1 aliphatic carbocycles. The van der Waals surface area contributed by atoms with Gasteiger partial charge in [0.2, 0.25) is 15.9 Å². The first-order valence-electron chi connectivity index (χ1n) is 11.0. The predicted molar refractivity (Wildman–Crippen MR) is 119 cm³/mol. The molecule has 1 fully saturated rings. The average Bonchev–Trinajstić information content (AvgIpc) is 2.85. The van der Waals surface area contributed by atoms with Gasteiger partial charge in [-0.15, -0.1) is 0 Å². The van der Waals surface area contributed by atoms with Crippen LogP contribution in [0.5, 0.6) is 0 Å². The van der Waals surface area contributed by atoms with Crippen molar-refractivity contribution in [1.29, 1.82) is 0 Å². The molecular formula is C21H36N4O6S. The Labute approximate surface area is 190 Å². The number of ether oxygens (including phenoxy) is 1. The van der Waals surface area contributed by atoms with Crippen molar-refractivity contribution in [1.82, 2.24) is 20.5 Å². The van der Waals surface area contributed by atoms with Gasteiger partial charge in [0.25, 0.3) is 0 Å². The van der Waals surface area contributed by atoms with Crippen LogP contribution < -0.4 is 15.4 Å². The Morgan fingerprint density at radius 1 is 1.16 bits per heavy atom. The van der Waals surface area contributed by atoms with Crippen LogP contribution >= 0.6 is 0 Å². The van der Waals surface area contributed by atoms with Crippen LogP contribution in [0.25, 0.3) is 0 Å². The fourth-order valence-corrected chi connectivity index (χ4v) is 5.42. The second kappa shape index (κ2) is 10.2. The number of rotatable bonds is 7. The number of hydrogen-bond acceptors (Lipinski definition) is 7.